The van der Waals surface area contributed by atoms with Crippen LogP contribution in [0.3, 0.4) is 0 Å². The number of nitrogens with zero attached hydrogens (tertiary/aromatic N) is 3. The number of ether oxygens (including phenoxy) is 7. The lowest BCUT2D eigenvalue weighted by Crippen LogP contribution is -2.61. The molecular weight excluding hydrogens is 1110 g/mol. The van der Waals surface area contributed by atoms with E-state index in [0.717, 1.165) is 42.2 Å². The van der Waals surface area contributed by atoms with Crippen molar-refractivity contribution in [3.63, 3.8) is 0 Å². The van der Waals surface area contributed by atoms with Crippen LogP contribution in [-0.2, 0) is 38.2 Å². The molecule has 2 aromatic heterocycles. The van der Waals surface area contributed by atoms with E-state index in [1.807, 2.05) is 53.7 Å². The predicted octanol–water partition coefficient (Wildman–Crippen LogP) is 7.50. The highest BCUT2D eigenvalue weighted by Gasteiger charge is 2.63. The summed E-state index contributed by atoms with van der Waals surface area (Å²) in [6, 6.07) is 7.86. The van der Waals surface area contributed by atoms with Gasteiger partial charge in [-0.05, 0) is 95.4 Å². The number of amides is 5. The van der Waals surface area contributed by atoms with Gasteiger partial charge in [-0.3, -0.25) is 19.2 Å². The van der Waals surface area contributed by atoms with Gasteiger partial charge in [0, 0.05) is 70.7 Å². The summed E-state index contributed by atoms with van der Waals surface area (Å²) < 4.78 is 38.6. The smallest absolute Gasteiger partial charge is 0.356 e. The maximum atomic E-state index is 14.6. The predicted molar refractivity (Wildman–Crippen MR) is 318 cm³/mol. The van der Waals surface area contributed by atoms with Gasteiger partial charge in [-0.15, -0.1) is 13.2 Å². The third-order valence-electron chi connectivity index (χ3n) is 17.6. The van der Waals surface area contributed by atoms with E-state index in [9.17, 15) is 38.4 Å². The Bertz CT molecular complexity index is 3370. The van der Waals surface area contributed by atoms with Gasteiger partial charge in [0.15, 0.2) is 11.5 Å². The van der Waals surface area contributed by atoms with Crippen LogP contribution in [-0.4, -0.2) is 145 Å². The van der Waals surface area contributed by atoms with Crippen LogP contribution in [0.1, 0.15) is 131 Å². The van der Waals surface area contributed by atoms with Crippen molar-refractivity contribution < 1.29 is 71.5 Å². The molecule has 4 saturated carbocycles. The van der Waals surface area contributed by atoms with Gasteiger partial charge < -0.3 is 59.3 Å². The molecule has 0 radical (unpaired) electrons. The van der Waals surface area contributed by atoms with Gasteiger partial charge in [0.05, 0.1) is 59.2 Å². The SMILES string of the molecule is C=C[C@@H]1C[C@]1(NC(=O)C1C[C@@H](Oc2cc(C(C)=O)nc3c(C)c(OC)ccc23)CN1C(=O)C(NC(=O)NC1(C)CCCC1)C(C)(C)C)C(=O)OC.C=C[C@@H]1C[C@]1(NC(=O)[C@H]1CC[C@H](Oc2cc(C(=O)OC)nc3c(C)c(OC)ccc23)C1)C(=O)OC. The third kappa shape index (κ3) is 12.9. The Morgan fingerprint density at radius 3 is 1.66 bits per heavy atom. The normalized spacial score (nSPS) is 24.6. The molecule has 4 N–H and O–H groups in total. The first-order valence-electron chi connectivity index (χ1n) is 29.1. The summed E-state index contributed by atoms with van der Waals surface area (Å²) in [4.78, 5) is 116. The molecule has 9 rings (SSSR count). The Labute approximate surface area is 501 Å². The van der Waals surface area contributed by atoms with Crippen molar-refractivity contribution in [2.75, 3.05) is 42.1 Å². The minimum absolute atomic E-state index is 0.00498. The molecule has 1 aliphatic heterocycles. The van der Waals surface area contributed by atoms with Crippen LogP contribution >= 0.6 is 0 Å². The largest absolute Gasteiger partial charge is 0.496 e. The second kappa shape index (κ2) is 25.3. The average Bonchev–Trinajstić information content (AvgIpc) is 1.57. The summed E-state index contributed by atoms with van der Waals surface area (Å²) in [5.74, 6) is -1.75. The standard InChI is InChI=1S/C38H51N5O8.C26H30N2O7/c1-10-23-19-38(23,34(47)50-9)41-32(45)27-17-24(51-29-18-26(22(3)44)39-30-21(2)28(49-8)14-13-25(29)30)20-43(27)33(46)31(36(4,5)6)40-35(48)42-37(7)15-11-12-16-37;1-6-16-13-26(16,25(31)34-5)28-23(29)15-7-8-17(11-15)35-21-12-19(24(30)33-4)27-22-14(2)20(32-3)10-9-18(21)22/h10,13-14,18,23-24,27,31H,1,11-12,15-17,19-20H2,2-9H3,(H,41,45)(H2,40,42,48);6,9-10,12,15-17H,1,7-8,11,13H2,2-5H3,(H,28,29)/t23-,24-,27?,31?,38-;15-,16+,17-,26+/m10/s1. The molecule has 3 heterocycles. The number of hydrogen-bond donors (Lipinski definition) is 4. The van der Waals surface area contributed by atoms with Crippen LogP contribution in [0.5, 0.6) is 23.0 Å². The lowest BCUT2D eigenvalue weighted by atomic mass is 9.85. The van der Waals surface area contributed by atoms with E-state index in [-0.39, 0.29) is 65.4 Å². The average molecular weight is 1190 g/mol. The van der Waals surface area contributed by atoms with E-state index >= 15 is 0 Å². The molecular formula is C64H81N7O15. The van der Waals surface area contributed by atoms with E-state index in [2.05, 4.69) is 44.4 Å². The second-order valence-electron chi connectivity index (χ2n) is 24.5. The van der Waals surface area contributed by atoms with E-state index in [0.29, 0.717) is 71.5 Å². The number of carbonyl (C=O) groups is 8. The fourth-order valence-corrected chi connectivity index (χ4v) is 12.3. The number of aromatic nitrogens is 2. The number of hydrogen-bond acceptors (Lipinski definition) is 17. The maximum Gasteiger partial charge on any atom is 0.356 e. The highest BCUT2D eigenvalue weighted by Crippen LogP contribution is 2.47. The third-order valence-corrected chi connectivity index (χ3v) is 17.6. The molecule has 86 heavy (non-hydrogen) atoms. The van der Waals surface area contributed by atoms with E-state index in [4.69, 9.17) is 33.2 Å². The number of benzene rings is 2. The first kappa shape index (κ1) is 63.7. The summed E-state index contributed by atoms with van der Waals surface area (Å²) >= 11 is 0. The van der Waals surface area contributed by atoms with Crippen molar-refractivity contribution in [2.24, 2.45) is 23.2 Å². The van der Waals surface area contributed by atoms with Crippen molar-refractivity contribution >= 4 is 69.2 Å². The van der Waals surface area contributed by atoms with Crippen molar-refractivity contribution in [3.8, 4) is 23.0 Å². The zero-order valence-electron chi connectivity index (χ0n) is 51.3. The van der Waals surface area contributed by atoms with Crippen LogP contribution in [0, 0.1) is 37.0 Å². The monoisotopic (exact) mass is 1190 g/mol. The molecule has 462 valence electrons. The molecule has 2 unspecified atom stereocenters. The van der Waals surface area contributed by atoms with Crippen LogP contribution in [0.2, 0.25) is 0 Å². The summed E-state index contributed by atoms with van der Waals surface area (Å²) in [7, 11) is 6.99. The molecule has 22 nitrogen and oxygen atoms in total. The lowest BCUT2D eigenvalue weighted by molar-refractivity contribution is -0.148. The first-order valence-corrected chi connectivity index (χ1v) is 29.1. The Hall–Kier alpha value is -8.30. The second-order valence-corrected chi connectivity index (χ2v) is 24.5. The molecule has 22 heteroatoms. The number of aryl methyl sites for hydroxylation is 2. The van der Waals surface area contributed by atoms with Gasteiger partial charge >= 0.3 is 23.9 Å². The highest BCUT2D eigenvalue weighted by atomic mass is 16.5. The van der Waals surface area contributed by atoms with Crippen molar-refractivity contribution in [1.82, 2.24) is 36.1 Å². The van der Waals surface area contributed by atoms with Gasteiger partial charge in [0.25, 0.3) is 0 Å². The number of ketones is 1. The molecule has 4 aliphatic carbocycles. The summed E-state index contributed by atoms with van der Waals surface area (Å²) in [5.41, 5.74) is -0.475. The van der Waals surface area contributed by atoms with Crippen LogP contribution in [0.4, 0.5) is 4.79 Å². The maximum absolute atomic E-state index is 14.6. The van der Waals surface area contributed by atoms with Gasteiger partial charge in [-0.2, -0.15) is 0 Å². The zero-order valence-corrected chi connectivity index (χ0v) is 51.3. The number of methoxy groups -OCH3 is 5. The first-order chi connectivity index (χ1) is 40.7. The number of fused-ring (bicyclic) bond motifs is 2. The Balaban J connectivity index is 0.000000239. The number of Topliss-reactive ketones (excluding diaryl/α,β-unsaturated/α-hetero) is 1. The molecule has 4 aromatic rings. The minimum Gasteiger partial charge on any atom is -0.496 e. The lowest BCUT2D eigenvalue weighted by Gasteiger charge is -2.36. The molecule has 0 bridgehead atoms. The minimum atomic E-state index is -1.28. The molecule has 5 aliphatic rings. The number of carbonyl (C=O) groups excluding carboxylic acids is 8. The van der Waals surface area contributed by atoms with Gasteiger partial charge in [-0.25, -0.2) is 29.1 Å². The molecule has 9 atom stereocenters. The van der Waals surface area contributed by atoms with Gasteiger partial charge in [0.1, 0.15) is 58.0 Å². The van der Waals surface area contributed by atoms with Crippen molar-refractivity contribution in [1.29, 1.82) is 0 Å². The Morgan fingerprint density at radius 2 is 1.19 bits per heavy atom. The summed E-state index contributed by atoms with van der Waals surface area (Å²) in [6.45, 7) is 20.2. The van der Waals surface area contributed by atoms with Crippen molar-refractivity contribution in [2.45, 2.75) is 154 Å². The highest BCUT2D eigenvalue weighted by molar-refractivity contribution is 6.00. The summed E-state index contributed by atoms with van der Waals surface area (Å²) in [5, 5.41) is 13.1. The number of esters is 3. The molecule has 2 aromatic carbocycles. The van der Waals surface area contributed by atoms with Crippen molar-refractivity contribution in [3.05, 3.63) is 84.2 Å². The fraction of sp³-hybridized carbons (Fsp3) is 0.531. The molecule has 1 saturated heterocycles. The molecule has 0 spiro atoms. The molecule has 5 amide bonds. The zero-order chi connectivity index (χ0) is 62.8. The molecule has 5 fully saturated rings. The van der Waals surface area contributed by atoms with Gasteiger partial charge in [0.2, 0.25) is 17.7 Å². The summed E-state index contributed by atoms with van der Waals surface area (Å²) in [6.07, 6.45) is 8.67. The number of rotatable bonds is 19. The number of pyridine rings is 2. The number of nitrogens with one attached hydrogen (secondary N) is 4. The van der Waals surface area contributed by atoms with E-state index in [1.165, 1.54) is 33.2 Å². The van der Waals surface area contributed by atoms with E-state index in [1.54, 1.807) is 50.6 Å². The number of likely N-dealkylation sites (tertiary alicyclic amines) is 1. The number of urea groups is 1. The Morgan fingerprint density at radius 1 is 0.674 bits per heavy atom. The van der Waals surface area contributed by atoms with Crippen LogP contribution in [0.15, 0.2) is 61.7 Å². The Kier molecular flexibility index (Phi) is 18.8. The topological polar surface area (TPSA) is 278 Å². The van der Waals surface area contributed by atoms with Gasteiger partial charge in [-0.1, -0.05) is 45.8 Å². The van der Waals surface area contributed by atoms with E-state index < -0.39 is 70.4 Å². The van der Waals surface area contributed by atoms with Crippen LogP contribution < -0.4 is 40.2 Å². The quantitative estimate of drug-likeness (QED) is 0.0306. The fourth-order valence-electron chi connectivity index (χ4n) is 12.3. The van der Waals surface area contributed by atoms with Crippen LogP contribution in [0.25, 0.3) is 21.8 Å².